The second-order valence-corrected chi connectivity index (χ2v) is 2.32. The van der Waals surface area contributed by atoms with Crippen LogP contribution in [0.2, 0.25) is 0 Å². The largest absolute Gasteiger partial charge is 0.624 e. The number of hydrogen-bond donors (Lipinski definition) is 0. The van der Waals surface area contributed by atoms with Crippen molar-refractivity contribution < 1.29 is 4.74 Å². The van der Waals surface area contributed by atoms with Crippen LogP contribution in [-0.4, -0.2) is 22.5 Å². The molecule has 11 heavy (non-hydrogen) atoms. The summed E-state index contributed by atoms with van der Waals surface area (Å²) >= 11 is 0. The van der Waals surface area contributed by atoms with Crippen molar-refractivity contribution >= 4 is 5.71 Å². The Morgan fingerprint density at radius 2 is 2.36 bits per heavy atom. The SMILES string of the molecule is CC(c1cccnc1)=[N+](C)[O-]. The number of pyridine rings is 1. The first kappa shape index (κ1) is 7.72. The molecule has 3 heteroatoms. The quantitative estimate of drug-likeness (QED) is 0.259. The highest BCUT2D eigenvalue weighted by Crippen LogP contribution is 1.96. The van der Waals surface area contributed by atoms with Gasteiger partial charge in [-0.15, -0.1) is 0 Å². The van der Waals surface area contributed by atoms with Crippen LogP contribution in [0.5, 0.6) is 0 Å². The summed E-state index contributed by atoms with van der Waals surface area (Å²) in [5.74, 6) is 0. The molecule has 0 aromatic carbocycles. The van der Waals surface area contributed by atoms with Gasteiger partial charge in [0.2, 0.25) is 0 Å². The zero-order chi connectivity index (χ0) is 8.27. The summed E-state index contributed by atoms with van der Waals surface area (Å²) in [6.45, 7) is 1.77. The monoisotopic (exact) mass is 150 g/mol. The maximum Gasteiger partial charge on any atom is 0.192 e. The Morgan fingerprint density at radius 1 is 1.64 bits per heavy atom. The molecular weight excluding hydrogens is 140 g/mol. The summed E-state index contributed by atoms with van der Waals surface area (Å²) in [6, 6.07) is 3.67. The lowest BCUT2D eigenvalue weighted by molar-refractivity contribution is -0.422. The van der Waals surface area contributed by atoms with Crippen LogP contribution in [0.15, 0.2) is 24.5 Å². The molecule has 1 aromatic heterocycles. The molecule has 0 saturated heterocycles. The molecule has 3 nitrogen and oxygen atoms in total. The van der Waals surface area contributed by atoms with Crippen LogP contribution >= 0.6 is 0 Å². The first-order valence-electron chi connectivity index (χ1n) is 3.36. The van der Waals surface area contributed by atoms with Crippen molar-refractivity contribution in [3.05, 3.63) is 35.3 Å². The minimum Gasteiger partial charge on any atom is -0.624 e. The van der Waals surface area contributed by atoms with Gasteiger partial charge in [-0.3, -0.25) is 4.98 Å². The van der Waals surface area contributed by atoms with E-state index >= 15 is 0 Å². The van der Waals surface area contributed by atoms with Gasteiger partial charge in [-0.1, -0.05) is 0 Å². The van der Waals surface area contributed by atoms with Gasteiger partial charge in [0, 0.05) is 19.3 Å². The highest BCUT2D eigenvalue weighted by atomic mass is 16.5. The molecule has 1 aromatic rings. The Bertz CT molecular complexity index is 263. The summed E-state index contributed by atoms with van der Waals surface area (Å²) in [5, 5.41) is 10.8. The van der Waals surface area contributed by atoms with E-state index in [0.717, 1.165) is 10.3 Å². The van der Waals surface area contributed by atoms with E-state index in [1.807, 2.05) is 12.1 Å². The van der Waals surface area contributed by atoms with E-state index in [1.54, 1.807) is 19.3 Å². The maximum absolute atomic E-state index is 10.8. The number of hydroxylamine groups is 1. The molecule has 0 fully saturated rings. The van der Waals surface area contributed by atoms with Gasteiger partial charge in [-0.2, -0.15) is 0 Å². The van der Waals surface area contributed by atoms with Crippen molar-refractivity contribution in [2.24, 2.45) is 0 Å². The van der Waals surface area contributed by atoms with Gasteiger partial charge in [0.05, 0.1) is 5.56 Å². The number of nitrogens with zero attached hydrogens (tertiary/aromatic N) is 2. The van der Waals surface area contributed by atoms with Crippen LogP contribution in [-0.2, 0) is 0 Å². The van der Waals surface area contributed by atoms with Crippen molar-refractivity contribution in [3.63, 3.8) is 0 Å². The van der Waals surface area contributed by atoms with Crippen LogP contribution in [0.4, 0.5) is 0 Å². The van der Waals surface area contributed by atoms with Gasteiger partial charge in [0.1, 0.15) is 7.05 Å². The topological polar surface area (TPSA) is 39.0 Å². The van der Waals surface area contributed by atoms with E-state index in [2.05, 4.69) is 4.98 Å². The molecule has 1 heterocycles. The fraction of sp³-hybridized carbons (Fsp3) is 0.250. The van der Waals surface area contributed by atoms with Crippen molar-refractivity contribution in [1.82, 2.24) is 4.98 Å². The molecule has 0 radical (unpaired) electrons. The average molecular weight is 150 g/mol. The lowest BCUT2D eigenvalue weighted by atomic mass is 10.2. The highest BCUT2D eigenvalue weighted by molar-refractivity contribution is 5.94. The molecular formula is C8H10N2O. The van der Waals surface area contributed by atoms with E-state index in [0.29, 0.717) is 5.71 Å². The fourth-order valence-electron chi connectivity index (χ4n) is 0.759. The average Bonchev–Trinajstić information content (AvgIpc) is 2.05. The second-order valence-electron chi connectivity index (χ2n) is 2.32. The van der Waals surface area contributed by atoms with Crippen LogP contribution < -0.4 is 0 Å². The first-order valence-corrected chi connectivity index (χ1v) is 3.36. The molecule has 0 unspecified atom stereocenters. The Kier molecular flexibility index (Phi) is 2.21. The van der Waals surface area contributed by atoms with Gasteiger partial charge in [0.25, 0.3) is 0 Å². The third kappa shape index (κ3) is 1.77. The highest BCUT2D eigenvalue weighted by Gasteiger charge is 2.01. The van der Waals surface area contributed by atoms with Gasteiger partial charge in [-0.25, -0.2) is 4.74 Å². The lowest BCUT2D eigenvalue weighted by Crippen LogP contribution is -2.08. The third-order valence-electron chi connectivity index (χ3n) is 1.55. The van der Waals surface area contributed by atoms with Gasteiger partial charge < -0.3 is 5.21 Å². The zero-order valence-electron chi connectivity index (χ0n) is 6.61. The number of rotatable bonds is 1. The third-order valence-corrected chi connectivity index (χ3v) is 1.55. The molecule has 0 bridgehead atoms. The molecule has 0 amide bonds. The van der Waals surface area contributed by atoms with Gasteiger partial charge in [0.15, 0.2) is 5.71 Å². The van der Waals surface area contributed by atoms with Crippen molar-refractivity contribution in [2.75, 3.05) is 7.05 Å². The smallest absolute Gasteiger partial charge is 0.192 e. The summed E-state index contributed by atoms with van der Waals surface area (Å²) in [6.07, 6.45) is 3.35. The van der Waals surface area contributed by atoms with Gasteiger partial charge in [-0.05, 0) is 12.1 Å². The molecule has 1 rings (SSSR count). The molecule has 0 N–H and O–H groups in total. The lowest BCUT2D eigenvalue weighted by Gasteiger charge is -2.00. The molecule has 0 saturated carbocycles. The Morgan fingerprint density at radius 3 is 2.82 bits per heavy atom. The normalized spacial score (nSPS) is 12.5. The second kappa shape index (κ2) is 3.14. The first-order chi connectivity index (χ1) is 5.22. The maximum atomic E-state index is 10.8. The summed E-state index contributed by atoms with van der Waals surface area (Å²) < 4.78 is 0.830. The predicted octanol–water partition coefficient (Wildman–Crippen LogP) is 1.03. The molecule has 0 aliphatic carbocycles. The Labute approximate surface area is 65.6 Å². The summed E-state index contributed by atoms with van der Waals surface area (Å²) in [7, 11) is 1.47. The predicted molar refractivity (Wildman–Crippen MR) is 43.6 cm³/mol. The molecule has 0 aliphatic rings. The molecule has 0 spiro atoms. The fourth-order valence-corrected chi connectivity index (χ4v) is 0.759. The van der Waals surface area contributed by atoms with Crippen LogP contribution in [0.25, 0.3) is 0 Å². The molecule has 0 aliphatic heterocycles. The molecule has 58 valence electrons. The minimum atomic E-state index is 0.679. The van der Waals surface area contributed by atoms with Crippen LogP contribution in [0.1, 0.15) is 12.5 Å². The number of aromatic nitrogens is 1. The van der Waals surface area contributed by atoms with Crippen LogP contribution in [0.3, 0.4) is 0 Å². The van der Waals surface area contributed by atoms with E-state index in [-0.39, 0.29) is 0 Å². The Hall–Kier alpha value is -1.38. The van der Waals surface area contributed by atoms with Crippen LogP contribution in [0, 0.1) is 5.21 Å². The van der Waals surface area contributed by atoms with E-state index in [1.165, 1.54) is 7.05 Å². The van der Waals surface area contributed by atoms with Crippen molar-refractivity contribution in [2.45, 2.75) is 6.92 Å². The van der Waals surface area contributed by atoms with Crippen molar-refractivity contribution in [1.29, 1.82) is 0 Å². The standard InChI is InChI=1S/C8H10N2O/c1-7(10(2)11)8-4-3-5-9-6-8/h3-6H,1-2H3. The van der Waals surface area contributed by atoms with E-state index < -0.39 is 0 Å². The Balaban J connectivity index is 3.04. The van der Waals surface area contributed by atoms with E-state index in [9.17, 15) is 5.21 Å². The minimum absolute atomic E-state index is 0.679. The van der Waals surface area contributed by atoms with Crippen molar-refractivity contribution in [3.8, 4) is 0 Å². The van der Waals surface area contributed by atoms with E-state index in [4.69, 9.17) is 0 Å². The molecule has 0 atom stereocenters. The summed E-state index contributed by atoms with van der Waals surface area (Å²) in [5.41, 5.74) is 1.54. The van der Waals surface area contributed by atoms with Gasteiger partial charge >= 0.3 is 0 Å². The summed E-state index contributed by atoms with van der Waals surface area (Å²) in [4.78, 5) is 3.90. The zero-order valence-corrected chi connectivity index (χ0v) is 6.61. The number of hydrogen-bond acceptors (Lipinski definition) is 2.